The van der Waals surface area contributed by atoms with E-state index in [9.17, 15) is 4.79 Å². The van der Waals surface area contributed by atoms with Crippen molar-refractivity contribution in [2.45, 2.75) is 71.8 Å². The molecule has 1 aliphatic heterocycles. The van der Waals surface area contributed by atoms with E-state index < -0.39 is 0 Å². The molecule has 4 fully saturated rings. The molecule has 1 amide bonds. The topological polar surface area (TPSA) is 46.1 Å². The molecule has 4 nitrogen and oxygen atoms in total. The second kappa shape index (κ2) is 6.65. The zero-order valence-corrected chi connectivity index (χ0v) is 18.4. The maximum atomic E-state index is 12.4. The van der Waals surface area contributed by atoms with Gasteiger partial charge >= 0.3 is 0 Å². The highest BCUT2D eigenvalue weighted by molar-refractivity contribution is 5.77. The molecule has 0 spiro atoms. The molecule has 0 radical (unpaired) electrons. The second-order valence-electron chi connectivity index (χ2n) is 10.8. The number of amides is 1. The molecule has 1 aromatic rings. The first kappa shape index (κ1) is 19.3. The first-order valence-corrected chi connectivity index (χ1v) is 11.6. The van der Waals surface area contributed by atoms with E-state index in [-0.39, 0.29) is 5.41 Å². The average Bonchev–Trinajstić information content (AvgIpc) is 2.97. The van der Waals surface area contributed by atoms with Crippen LogP contribution in [0.2, 0.25) is 0 Å². The van der Waals surface area contributed by atoms with Gasteiger partial charge < -0.3 is 4.90 Å². The van der Waals surface area contributed by atoms with Crippen LogP contribution in [0.15, 0.2) is 24.2 Å². The number of carbonyl (C=O) groups is 1. The highest BCUT2D eigenvalue weighted by atomic mass is 16.2. The maximum Gasteiger partial charge on any atom is 0.222 e. The second-order valence-corrected chi connectivity index (χ2v) is 10.8. The normalized spacial score (nSPS) is 45.7. The maximum absolute atomic E-state index is 12.4. The lowest BCUT2D eigenvalue weighted by atomic mass is 9.47. The fraction of sp³-hybridized carbons (Fsp3) is 0.720. The Bertz CT molecular complexity index is 836. The molecule has 4 aliphatic rings. The first-order chi connectivity index (χ1) is 13.8. The summed E-state index contributed by atoms with van der Waals surface area (Å²) < 4.78 is 0. The van der Waals surface area contributed by atoms with Crippen molar-refractivity contribution in [3.8, 4) is 0 Å². The molecule has 2 heterocycles. The quantitative estimate of drug-likeness (QED) is 0.677. The number of carbonyl (C=O) groups excluding carboxylic acids is 1. The van der Waals surface area contributed by atoms with Gasteiger partial charge in [0.15, 0.2) is 0 Å². The van der Waals surface area contributed by atoms with Gasteiger partial charge in [0.05, 0.1) is 11.9 Å². The molecule has 1 unspecified atom stereocenters. The molecule has 1 saturated heterocycles. The number of rotatable bonds is 1. The van der Waals surface area contributed by atoms with Crippen molar-refractivity contribution in [1.29, 1.82) is 0 Å². The van der Waals surface area contributed by atoms with Gasteiger partial charge in [-0.15, -0.1) is 0 Å². The van der Waals surface area contributed by atoms with Gasteiger partial charge in [-0.2, -0.15) is 0 Å². The minimum atomic E-state index is 0.289. The summed E-state index contributed by atoms with van der Waals surface area (Å²) in [6.07, 6.45) is 16.0. The van der Waals surface area contributed by atoms with E-state index in [1.807, 2.05) is 6.20 Å². The summed E-state index contributed by atoms with van der Waals surface area (Å²) in [6.45, 7) is 7.46. The summed E-state index contributed by atoms with van der Waals surface area (Å²) in [5.74, 6) is 3.30. The molecule has 7 atom stereocenters. The van der Waals surface area contributed by atoms with Crippen LogP contribution < -0.4 is 0 Å². The molecular formula is C25H35N3O. The number of nitrogens with zero attached hydrogens (tertiary/aromatic N) is 3. The monoisotopic (exact) mass is 393 g/mol. The lowest BCUT2D eigenvalue weighted by molar-refractivity contribution is -0.156. The molecule has 29 heavy (non-hydrogen) atoms. The van der Waals surface area contributed by atoms with Crippen molar-refractivity contribution in [1.82, 2.24) is 14.9 Å². The highest BCUT2D eigenvalue weighted by Gasteiger charge is 2.61. The van der Waals surface area contributed by atoms with Gasteiger partial charge in [-0.25, -0.2) is 0 Å². The van der Waals surface area contributed by atoms with Crippen LogP contribution in [0, 0.1) is 34.5 Å². The molecule has 3 aliphatic carbocycles. The van der Waals surface area contributed by atoms with Crippen molar-refractivity contribution in [3.05, 3.63) is 29.9 Å². The number of hydrogen-bond donors (Lipinski definition) is 0. The first-order valence-electron chi connectivity index (χ1n) is 11.6. The van der Waals surface area contributed by atoms with Crippen LogP contribution in [0.3, 0.4) is 0 Å². The van der Waals surface area contributed by atoms with Gasteiger partial charge in [0.25, 0.3) is 0 Å². The lowest BCUT2D eigenvalue weighted by Gasteiger charge is -2.61. The minimum absolute atomic E-state index is 0.289. The van der Waals surface area contributed by atoms with Crippen LogP contribution in [0.25, 0.3) is 6.08 Å². The molecule has 156 valence electrons. The van der Waals surface area contributed by atoms with Gasteiger partial charge in [-0.3, -0.25) is 14.8 Å². The standard InChI is InChI=1S/C25H35N3O/c1-16-13-21-18-5-6-22-25(3,10-8-23(29)28(22)4)19(18)7-9-24(21,2)20(16)14-17-15-26-11-12-27-17/h11-12,14-16,18-19,21-22H,5-10,13H2,1-4H3/b20-14+/t16?,18-,19+,21+,22-,24-,25-/m1/s1. The molecular weight excluding hydrogens is 358 g/mol. The number of piperidine rings is 1. The van der Waals surface area contributed by atoms with Crippen LogP contribution in [0.5, 0.6) is 0 Å². The predicted molar refractivity (Wildman–Crippen MR) is 115 cm³/mol. The number of likely N-dealkylation sites (tertiary alicyclic amines) is 1. The van der Waals surface area contributed by atoms with E-state index in [1.54, 1.807) is 18.0 Å². The van der Waals surface area contributed by atoms with Crippen molar-refractivity contribution >= 4 is 12.0 Å². The summed E-state index contributed by atoms with van der Waals surface area (Å²) in [6, 6.07) is 0.447. The van der Waals surface area contributed by atoms with Crippen molar-refractivity contribution in [2.24, 2.45) is 34.5 Å². The lowest BCUT2D eigenvalue weighted by Crippen LogP contribution is -2.61. The fourth-order valence-electron chi connectivity index (χ4n) is 8.19. The van der Waals surface area contributed by atoms with Crippen LogP contribution in [0.1, 0.15) is 71.4 Å². The molecule has 0 aromatic carbocycles. The van der Waals surface area contributed by atoms with Gasteiger partial charge in [0.2, 0.25) is 5.91 Å². The Morgan fingerprint density at radius 2 is 1.97 bits per heavy atom. The van der Waals surface area contributed by atoms with Crippen molar-refractivity contribution < 1.29 is 4.79 Å². The van der Waals surface area contributed by atoms with Gasteiger partial charge in [-0.05, 0) is 79.1 Å². The summed E-state index contributed by atoms with van der Waals surface area (Å²) in [5.41, 5.74) is 3.19. The number of fused-ring (bicyclic) bond motifs is 5. The van der Waals surface area contributed by atoms with Gasteiger partial charge in [-0.1, -0.05) is 26.3 Å². The molecule has 4 heteroatoms. The Balaban J connectivity index is 1.47. The van der Waals surface area contributed by atoms with Crippen LogP contribution >= 0.6 is 0 Å². The molecule has 0 bridgehead atoms. The van der Waals surface area contributed by atoms with E-state index in [1.165, 1.54) is 32.1 Å². The molecule has 3 saturated carbocycles. The van der Waals surface area contributed by atoms with Gasteiger partial charge in [0, 0.05) is 31.9 Å². The van der Waals surface area contributed by atoms with E-state index in [0.29, 0.717) is 23.3 Å². The van der Waals surface area contributed by atoms with Gasteiger partial charge in [0.1, 0.15) is 0 Å². The van der Waals surface area contributed by atoms with E-state index in [2.05, 4.69) is 48.8 Å². The SMILES string of the molecule is CC1C[C@H]2[C@@H]3CC[C@H]4N(C)C(=O)CC[C@]4(C)[C@H]3CC[C@]2(C)/C1=C/c1cnccn1. The smallest absolute Gasteiger partial charge is 0.222 e. The Morgan fingerprint density at radius 1 is 1.14 bits per heavy atom. The van der Waals surface area contributed by atoms with Crippen molar-refractivity contribution in [3.63, 3.8) is 0 Å². The molecule has 0 N–H and O–H groups in total. The summed E-state index contributed by atoms with van der Waals surface area (Å²) >= 11 is 0. The highest BCUT2D eigenvalue weighted by Crippen LogP contribution is 2.67. The van der Waals surface area contributed by atoms with Crippen molar-refractivity contribution in [2.75, 3.05) is 7.05 Å². The van der Waals surface area contributed by atoms with E-state index in [0.717, 1.165) is 36.3 Å². The fourth-order valence-corrected chi connectivity index (χ4v) is 8.19. The largest absolute Gasteiger partial charge is 0.342 e. The summed E-state index contributed by atoms with van der Waals surface area (Å²) in [5, 5.41) is 0. The number of aromatic nitrogens is 2. The zero-order valence-electron chi connectivity index (χ0n) is 18.4. The Kier molecular flexibility index (Phi) is 4.42. The van der Waals surface area contributed by atoms with Crippen LogP contribution in [0.4, 0.5) is 0 Å². The number of allylic oxidation sites excluding steroid dienone is 1. The Morgan fingerprint density at radius 3 is 2.72 bits per heavy atom. The predicted octanol–water partition coefficient (Wildman–Crippen LogP) is 4.97. The van der Waals surface area contributed by atoms with Crippen LogP contribution in [-0.4, -0.2) is 33.9 Å². The minimum Gasteiger partial charge on any atom is -0.342 e. The summed E-state index contributed by atoms with van der Waals surface area (Å²) in [7, 11) is 2.05. The van der Waals surface area contributed by atoms with Crippen LogP contribution in [-0.2, 0) is 4.79 Å². The number of hydrogen-bond acceptors (Lipinski definition) is 3. The van der Waals surface area contributed by atoms with E-state index >= 15 is 0 Å². The third-order valence-corrected chi connectivity index (χ3v) is 9.63. The molecule has 5 rings (SSSR count). The van der Waals surface area contributed by atoms with E-state index in [4.69, 9.17) is 0 Å². The Hall–Kier alpha value is -1.71. The zero-order chi connectivity index (χ0) is 20.4. The third-order valence-electron chi connectivity index (χ3n) is 9.63. The Labute approximate surface area is 175 Å². The third kappa shape index (κ3) is 2.74. The summed E-state index contributed by atoms with van der Waals surface area (Å²) in [4.78, 5) is 23.3. The average molecular weight is 394 g/mol. The molecule has 1 aromatic heterocycles.